The van der Waals surface area contributed by atoms with Crippen molar-refractivity contribution in [2.75, 3.05) is 37.8 Å². The first-order chi connectivity index (χ1) is 11.0. The average molecular weight is 337 g/mol. The fourth-order valence-corrected chi connectivity index (χ4v) is 3.39. The number of fused-ring (bicyclic) bond motifs is 1. The Hall–Kier alpha value is -1.98. The topological polar surface area (TPSA) is 61.9 Å². The zero-order valence-electron chi connectivity index (χ0n) is 12.7. The molecule has 2 N–H and O–H groups in total. The number of aromatic amines is 2. The van der Waals surface area contributed by atoms with Crippen LogP contribution in [-0.2, 0) is 0 Å². The van der Waals surface area contributed by atoms with Gasteiger partial charge in [-0.1, -0.05) is 0 Å². The highest BCUT2D eigenvalue weighted by Crippen LogP contribution is 2.32. The Labute approximate surface area is 137 Å². The van der Waals surface area contributed by atoms with Crippen molar-refractivity contribution < 1.29 is 8.78 Å². The van der Waals surface area contributed by atoms with E-state index in [1.54, 1.807) is 6.07 Å². The molecule has 0 amide bonds. The number of rotatable bonds is 3. The van der Waals surface area contributed by atoms with E-state index in [-0.39, 0.29) is 22.8 Å². The molecule has 122 valence electrons. The lowest BCUT2D eigenvalue weighted by molar-refractivity contribution is 0.210. The van der Waals surface area contributed by atoms with E-state index in [0.717, 1.165) is 0 Å². The lowest BCUT2D eigenvalue weighted by Crippen LogP contribution is -2.52. The molecule has 5 nitrogen and oxygen atoms in total. The van der Waals surface area contributed by atoms with Crippen LogP contribution in [-0.4, -0.2) is 53.8 Å². The smallest absolute Gasteiger partial charge is 0.175 e. The van der Waals surface area contributed by atoms with Crippen LogP contribution in [0, 0.1) is 21.9 Å². The Morgan fingerprint density at radius 2 is 2.22 bits per heavy atom. The van der Waals surface area contributed by atoms with Gasteiger partial charge in [0.15, 0.2) is 10.6 Å². The zero-order chi connectivity index (χ0) is 16.6. The molecule has 8 heteroatoms. The maximum atomic E-state index is 15.0. The van der Waals surface area contributed by atoms with E-state index >= 15 is 0 Å². The number of nitrogens with one attached hydrogen (secondary N) is 2. The van der Waals surface area contributed by atoms with Gasteiger partial charge in [0, 0.05) is 32.2 Å². The summed E-state index contributed by atoms with van der Waals surface area (Å²) in [4.78, 5) is 9.52. The molecule has 0 bridgehead atoms. The van der Waals surface area contributed by atoms with E-state index in [2.05, 4.69) is 16.0 Å². The highest BCUT2D eigenvalue weighted by atomic mass is 32.1. The van der Waals surface area contributed by atoms with Crippen molar-refractivity contribution in [1.82, 2.24) is 14.9 Å². The monoisotopic (exact) mass is 337 g/mol. The average Bonchev–Trinajstić information content (AvgIpc) is 2.89. The van der Waals surface area contributed by atoms with Crippen molar-refractivity contribution in [3.8, 4) is 6.07 Å². The molecule has 2 aromatic rings. The van der Waals surface area contributed by atoms with Gasteiger partial charge in [-0.3, -0.25) is 4.90 Å². The van der Waals surface area contributed by atoms with Gasteiger partial charge in [0.1, 0.15) is 18.3 Å². The molecule has 0 radical (unpaired) electrons. The molecule has 1 aromatic heterocycles. The molecule has 1 unspecified atom stereocenters. The Bertz CT molecular complexity index is 822. The van der Waals surface area contributed by atoms with E-state index in [1.807, 2.05) is 16.7 Å². The largest absolute Gasteiger partial charge is 0.363 e. The van der Waals surface area contributed by atoms with E-state index in [1.165, 1.54) is 0 Å². The number of nitriles is 1. The number of alkyl halides is 1. The molecule has 1 aromatic carbocycles. The predicted molar refractivity (Wildman–Crippen MR) is 87.4 cm³/mol. The molecular formula is C15H17F2N5S. The SMILES string of the molecule is CC1CN(CCF)CCN1c1c(C#N)cc2[nH]c(=S)[nH]c2c1F. The Morgan fingerprint density at radius 1 is 1.43 bits per heavy atom. The summed E-state index contributed by atoms with van der Waals surface area (Å²) in [5.41, 5.74) is 1.32. The molecule has 1 atom stereocenters. The molecule has 1 saturated heterocycles. The first-order valence-corrected chi connectivity index (χ1v) is 7.85. The van der Waals surface area contributed by atoms with E-state index in [4.69, 9.17) is 12.2 Å². The van der Waals surface area contributed by atoms with E-state index in [9.17, 15) is 14.0 Å². The van der Waals surface area contributed by atoms with Crippen molar-refractivity contribution in [2.24, 2.45) is 0 Å². The minimum absolute atomic E-state index is 0.0173. The van der Waals surface area contributed by atoms with Crippen LogP contribution in [0.5, 0.6) is 0 Å². The summed E-state index contributed by atoms with van der Waals surface area (Å²) in [6.45, 7) is 3.76. The second-order valence-electron chi connectivity index (χ2n) is 5.73. The number of aromatic nitrogens is 2. The van der Waals surface area contributed by atoms with Gasteiger partial charge in [-0.15, -0.1) is 0 Å². The molecule has 0 saturated carbocycles. The summed E-state index contributed by atoms with van der Waals surface area (Å²) in [6.07, 6.45) is 0. The van der Waals surface area contributed by atoms with Crippen LogP contribution in [0.25, 0.3) is 11.0 Å². The number of nitrogens with zero attached hydrogens (tertiary/aromatic N) is 3. The minimum Gasteiger partial charge on any atom is -0.363 e. The number of piperazine rings is 1. The van der Waals surface area contributed by atoms with Crippen LogP contribution in [0.3, 0.4) is 0 Å². The molecular weight excluding hydrogens is 320 g/mol. The number of imidazole rings is 1. The molecule has 1 aliphatic heterocycles. The van der Waals surface area contributed by atoms with E-state index in [0.29, 0.717) is 36.5 Å². The van der Waals surface area contributed by atoms with Gasteiger partial charge < -0.3 is 14.9 Å². The van der Waals surface area contributed by atoms with Gasteiger partial charge in [-0.2, -0.15) is 5.26 Å². The molecule has 0 spiro atoms. The normalized spacial score (nSPS) is 19.2. The molecule has 2 heterocycles. The number of halogens is 2. The first-order valence-electron chi connectivity index (χ1n) is 7.44. The number of hydrogen-bond donors (Lipinski definition) is 2. The van der Waals surface area contributed by atoms with Crippen molar-refractivity contribution in [1.29, 1.82) is 5.26 Å². The van der Waals surface area contributed by atoms with Crippen LogP contribution >= 0.6 is 12.2 Å². The molecule has 23 heavy (non-hydrogen) atoms. The third kappa shape index (κ3) is 2.82. The van der Waals surface area contributed by atoms with Crippen LogP contribution in [0.1, 0.15) is 12.5 Å². The Kier molecular flexibility index (Phi) is 4.33. The van der Waals surface area contributed by atoms with Crippen LogP contribution in [0.2, 0.25) is 0 Å². The minimum atomic E-state index is -0.475. The third-order valence-corrected chi connectivity index (χ3v) is 4.45. The van der Waals surface area contributed by atoms with Crippen molar-refractivity contribution in [3.63, 3.8) is 0 Å². The second kappa shape index (κ2) is 6.26. The standard InChI is InChI=1S/C15H17F2N5S/c1-9-8-21(3-2-16)4-5-22(9)14-10(7-18)6-11-13(12(14)17)20-15(23)19-11/h6,9H,2-5,8H2,1H3,(H2,19,20,23). The van der Waals surface area contributed by atoms with Gasteiger partial charge in [0.2, 0.25) is 0 Å². The number of hydrogen-bond acceptors (Lipinski definition) is 4. The number of H-pyrrole nitrogens is 2. The van der Waals surface area contributed by atoms with Crippen molar-refractivity contribution in [3.05, 3.63) is 22.2 Å². The quantitative estimate of drug-likeness (QED) is 0.846. The maximum Gasteiger partial charge on any atom is 0.175 e. The first kappa shape index (κ1) is 15.9. The zero-order valence-corrected chi connectivity index (χ0v) is 13.5. The van der Waals surface area contributed by atoms with Gasteiger partial charge in [-0.25, -0.2) is 8.78 Å². The fourth-order valence-electron chi connectivity index (χ4n) is 3.18. The summed E-state index contributed by atoms with van der Waals surface area (Å²) in [5, 5.41) is 9.41. The number of anilines is 1. The van der Waals surface area contributed by atoms with Gasteiger partial charge >= 0.3 is 0 Å². The third-order valence-electron chi connectivity index (χ3n) is 4.25. The fraction of sp³-hybridized carbons (Fsp3) is 0.467. The lowest BCUT2D eigenvalue weighted by Gasteiger charge is -2.41. The predicted octanol–water partition coefficient (Wildman–Crippen LogP) is 2.72. The highest BCUT2D eigenvalue weighted by molar-refractivity contribution is 7.71. The summed E-state index contributed by atoms with van der Waals surface area (Å²) in [5.74, 6) is -0.475. The molecule has 0 aliphatic carbocycles. The highest BCUT2D eigenvalue weighted by Gasteiger charge is 2.29. The summed E-state index contributed by atoms with van der Waals surface area (Å²) >= 11 is 5.00. The summed E-state index contributed by atoms with van der Waals surface area (Å²) in [7, 11) is 0. The van der Waals surface area contributed by atoms with Gasteiger partial charge in [-0.05, 0) is 25.2 Å². The van der Waals surface area contributed by atoms with Crippen LogP contribution in [0.4, 0.5) is 14.5 Å². The van der Waals surface area contributed by atoms with Crippen LogP contribution in [0.15, 0.2) is 6.07 Å². The molecule has 1 fully saturated rings. The second-order valence-corrected chi connectivity index (χ2v) is 6.14. The van der Waals surface area contributed by atoms with Crippen LogP contribution < -0.4 is 4.90 Å². The lowest BCUT2D eigenvalue weighted by atomic mass is 10.1. The van der Waals surface area contributed by atoms with E-state index < -0.39 is 12.5 Å². The summed E-state index contributed by atoms with van der Waals surface area (Å²) < 4.78 is 27.8. The molecule has 1 aliphatic rings. The maximum absolute atomic E-state index is 15.0. The van der Waals surface area contributed by atoms with Gasteiger partial charge in [0.25, 0.3) is 0 Å². The Balaban J connectivity index is 2.04. The van der Waals surface area contributed by atoms with Crippen molar-refractivity contribution >= 4 is 28.9 Å². The summed E-state index contributed by atoms with van der Waals surface area (Å²) in [6, 6.07) is 3.66. The Morgan fingerprint density at radius 3 is 2.87 bits per heavy atom. The van der Waals surface area contributed by atoms with Crippen molar-refractivity contribution in [2.45, 2.75) is 13.0 Å². The molecule has 3 rings (SSSR count). The van der Waals surface area contributed by atoms with Gasteiger partial charge in [0.05, 0.1) is 16.8 Å². The number of benzene rings is 1.